The average molecular weight is 344 g/mol. The molecule has 2 atom stereocenters. The first kappa shape index (κ1) is 16.8. The highest BCUT2D eigenvalue weighted by atomic mass is 19.4. The minimum Gasteiger partial charge on any atom is -0.345 e. The van der Waals surface area contributed by atoms with Crippen molar-refractivity contribution in [2.24, 2.45) is 5.92 Å². The van der Waals surface area contributed by atoms with Gasteiger partial charge in [-0.05, 0) is 18.9 Å². The van der Waals surface area contributed by atoms with E-state index in [1.807, 2.05) is 0 Å². The molecule has 6 nitrogen and oxygen atoms in total. The van der Waals surface area contributed by atoms with E-state index >= 15 is 0 Å². The van der Waals surface area contributed by atoms with E-state index in [2.05, 4.69) is 10.2 Å². The van der Waals surface area contributed by atoms with Gasteiger partial charge in [0.25, 0.3) is 0 Å². The molecule has 2 amide bonds. The molecular weight excluding hydrogens is 325 g/mol. The number of alkyl halides is 3. The molecule has 2 fully saturated rings. The Kier molecular flexibility index (Phi) is 4.27. The van der Waals surface area contributed by atoms with Crippen molar-refractivity contribution in [1.82, 2.24) is 20.0 Å². The van der Waals surface area contributed by atoms with E-state index in [9.17, 15) is 22.8 Å². The number of hydrogen-bond acceptors (Lipinski definition) is 3. The number of carbonyl (C=O) groups is 2. The van der Waals surface area contributed by atoms with Crippen molar-refractivity contribution < 1.29 is 22.8 Å². The molecule has 0 aromatic carbocycles. The maximum Gasteiger partial charge on any atom is 0.435 e. The molecule has 0 bridgehead atoms. The second-order valence-electron chi connectivity index (χ2n) is 6.50. The van der Waals surface area contributed by atoms with Gasteiger partial charge >= 0.3 is 6.18 Å². The predicted octanol–water partition coefficient (Wildman–Crippen LogP) is 1.61. The summed E-state index contributed by atoms with van der Waals surface area (Å²) < 4.78 is 38.0. The fourth-order valence-electron chi connectivity index (χ4n) is 3.41. The third-order valence-electron chi connectivity index (χ3n) is 4.75. The van der Waals surface area contributed by atoms with Crippen molar-refractivity contribution in [3.8, 4) is 0 Å². The van der Waals surface area contributed by atoms with Crippen LogP contribution in [-0.4, -0.2) is 58.5 Å². The first-order chi connectivity index (χ1) is 11.3. The number of aromatic nitrogens is 2. The Balaban J connectivity index is 1.67. The van der Waals surface area contributed by atoms with Gasteiger partial charge in [0.15, 0.2) is 5.69 Å². The van der Waals surface area contributed by atoms with Gasteiger partial charge in [0.05, 0.1) is 5.92 Å². The molecule has 0 saturated carbocycles. The van der Waals surface area contributed by atoms with Crippen molar-refractivity contribution in [2.45, 2.75) is 31.4 Å². The fraction of sp³-hybridized carbons (Fsp3) is 0.667. The highest BCUT2D eigenvalue weighted by Gasteiger charge is 2.38. The van der Waals surface area contributed by atoms with Crippen LogP contribution in [0.5, 0.6) is 0 Å². The summed E-state index contributed by atoms with van der Waals surface area (Å²) in [4.78, 5) is 27.4. The summed E-state index contributed by atoms with van der Waals surface area (Å²) in [5.41, 5.74) is -0.539. The lowest BCUT2D eigenvalue weighted by molar-refractivity contribution is -0.141. The summed E-state index contributed by atoms with van der Waals surface area (Å²) in [7, 11) is 1.66. The number of halogens is 3. The Hall–Kier alpha value is -2.06. The number of amides is 2. The van der Waals surface area contributed by atoms with Crippen LogP contribution in [0.2, 0.25) is 0 Å². The Morgan fingerprint density at radius 3 is 2.71 bits per heavy atom. The van der Waals surface area contributed by atoms with E-state index in [1.54, 1.807) is 11.9 Å². The molecule has 1 N–H and O–H groups in total. The maximum atomic E-state index is 12.7. The van der Waals surface area contributed by atoms with Crippen LogP contribution in [0.15, 0.2) is 6.07 Å². The molecular formula is C15H19F3N4O2. The van der Waals surface area contributed by atoms with Crippen LogP contribution in [0.3, 0.4) is 0 Å². The smallest absolute Gasteiger partial charge is 0.345 e. The third kappa shape index (κ3) is 3.25. The average Bonchev–Trinajstić information content (AvgIpc) is 3.14. The zero-order chi connectivity index (χ0) is 17.5. The third-order valence-corrected chi connectivity index (χ3v) is 4.75. The Bertz CT molecular complexity index is 643. The number of nitrogens with one attached hydrogen (secondary N) is 1. The van der Waals surface area contributed by atoms with Gasteiger partial charge in [-0.3, -0.25) is 14.7 Å². The van der Waals surface area contributed by atoms with Crippen LogP contribution >= 0.6 is 0 Å². The van der Waals surface area contributed by atoms with Crippen LogP contribution in [0.1, 0.15) is 36.6 Å². The molecule has 0 spiro atoms. The van der Waals surface area contributed by atoms with Gasteiger partial charge in [-0.15, -0.1) is 0 Å². The Labute approximate surface area is 137 Å². The van der Waals surface area contributed by atoms with Crippen molar-refractivity contribution in [1.29, 1.82) is 0 Å². The molecule has 2 aliphatic heterocycles. The second kappa shape index (κ2) is 6.10. The molecule has 24 heavy (non-hydrogen) atoms. The van der Waals surface area contributed by atoms with Gasteiger partial charge in [-0.2, -0.15) is 18.3 Å². The number of hydrogen-bond donors (Lipinski definition) is 1. The molecule has 2 aliphatic rings. The number of likely N-dealkylation sites (tertiary alicyclic amines) is 2. The van der Waals surface area contributed by atoms with E-state index in [-0.39, 0.29) is 30.1 Å². The summed E-state index contributed by atoms with van der Waals surface area (Å²) in [6.07, 6.45) is -2.85. The van der Waals surface area contributed by atoms with Crippen LogP contribution < -0.4 is 0 Å². The molecule has 2 saturated heterocycles. The van der Waals surface area contributed by atoms with Crippen LogP contribution in [0.25, 0.3) is 0 Å². The van der Waals surface area contributed by atoms with E-state index in [0.717, 1.165) is 6.07 Å². The quantitative estimate of drug-likeness (QED) is 0.886. The van der Waals surface area contributed by atoms with Gasteiger partial charge in [-0.1, -0.05) is 0 Å². The zero-order valence-electron chi connectivity index (χ0n) is 13.3. The molecule has 9 heteroatoms. The van der Waals surface area contributed by atoms with Gasteiger partial charge < -0.3 is 9.80 Å². The van der Waals surface area contributed by atoms with Crippen LogP contribution in [0.4, 0.5) is 13.2 Å². The maximum absolute atomic E-state index is 12.7. The molecule has 0 unspecified atom stereocenters. The Morgan fingerprint density at radius 2 is 2.12 bits per heavy atom. The minimum atomic E-state index is -4.48. The topological polar surface area (TPSA) is 69.3 Å². The minimum absolute atomic E-state index is 0.0507. The predicted molar refractivity (Wildman–Crippen MR) is 77.9 cm³/mol. The zero-order valence-corrected chi connectivity index (χ0v) is 13.3. The highest BCUT2D eigenvalue weighted by molar-refractivity contribution is 5.89. The first-order valence-electron chi connectivity index (χ1n) is 7.91. The molecule has 0 radical (unpaired) electrons. The van der Waals surface area contributed by atoms with E-state index in [4.69, 9.17) is 0 Å². The van der Waals surface area contributed by atoms with Crippen LogP contribution in [-0.2, 0) is 15.8 Å². The number of nitrogens with zero attached hydrogens (tertiary/aromatic N) is 3. The number of carbonyl (C=O) groups excluding carboxylic acids is 2. The number of piperidine rings is 1. The SMILES string of the molecule is CN1C[C@@H](C(=O)N2CCC[C@H](c3cc(C(F)(F)F)n[nH]3)C2)CC1=O. The molecule has 3 heterocycles. The number of rotatable bonds is 2. The summed E-state index contributed by atoms with van der Waals surface area (Å²) >= 11 is 0. The van der Waals surface area contributed by atoms with Gasteiger partial charge in [0.2, 0.25) is 11.8 Å². The molecule has 132 valence electrons. The summed E-state index contributed by atoms with van der Waals surface area (Å²) in [6.45, 7) is 1.33. The van der Waals surface area contributed by atoms with E-state index in [1.165, 1.54) is 4.90 Å². The lowest BCUT2D eigenvalue weighted by Crippen LogP contribution is -2.43. The normalized spacial score (nSPS) is 25.4. The molecule has 1 aromatic rings. The first-order valence-corrected chi connectivity index (χ1v) is 7.91. The second-order valence-corrected chi connectivity index (χ2v) is 6.50. The largest absolute Gasteiger partial charge is 0.435 e. The standard InChI is InChI=1S/C15H19F3N4O2/c1-21-7-10(5-13(21)23)14(24)22-4-2-3-9(8-22)11-6-12(20-19-11)15(16,17)18/h6,9-10H,2-5,7-8H2,1H3,(H,19,20)/t9-,10-/m0/s1. The molecule has 1 aromatic heterocycles. The van der Waals surface area contributed by atoms with E-state index < -0.39 is 11.9 Å². The molecule has 0 aliphatic carbocycles. The lowest BCUT2D eigenvalue weighted by Gasteiger charge is -2.33. The monoisotopic (exact) mass is 344 g/mol. The van der Waals surface area contributed by atoms with Crippen LogP contribution in [0, 0.1) is 5.92 Å². The number of aromatic amines is 1. The lowest BCUT2D eigenvalue weighted by atomic mass is 9.93. The summed E-state index contributed by atoms with van der Waals surface area (Å²) in [6, 6.07) is 1.02. The van der Waals surface area contributed by atoms with Gasteiger partial charge in [0, 0.05) is 44.7 Å². The van der Waals surface area contributed by atoms with Crippen molar-refractivity contribution in [3.63, 3.8) is 0 Å². The van der Waals surface area contributed by atoms with Crippen molar-refractivity contribution in [2.75, 3.05) is 26.7 Å². The van der Waals surface area contributed by atoms with Gasteiger partial charge in [0.1, 0.15) is 0 Å². The highest BCUT2D eigenvalue weighted by Crippen LogP contribution is 2.32. The summed E-state index contributed by atoms with van der Waals surface area (Å²) in [5.74, 6) is -0.687. The van der Waals surface area contributed by atoms with E-state index in [0.29, 0.717) is 38.2 Å². The summed E-state index contributed by atoms with van der Waals surface area (Å²) in [5, 5.41) is 5.78. The number of H-pyrrole nitrogens is 1. The van der Waals surface area contributed by atoms with Gasteiger partial charge in [-0.25, -0.2) is 0 Å². The van der Waals surface area contributed by atoms with Crippen molar-refractivity contribution in [3.05, 3.63) is 17.5 Å². The fourth-order valence-corrected chi connectivity index (χ4v) is 3.41. The molecule has 3 rings (SSSR count). The van der Waals surface area contributed by atoms with Crippen molar-refractivity contribution >= 4 is 11.8 Å². The Morgan fingerprint density at radius 1 is 1.38 bits per heavy atom.